The van der Waals surface area contributed by atoms with Crippen molar-refractivity contribution >= 4 is 11.7 Å². The maximum atomic E-state index is 12.6. The summed E-state index contributed by atoms with van der Waals surface area (Å²) >= 11 is 0. The van der Waals surface area contributed by atoms with E-state index >= 15 is 0 Å². The van der Waals surface area contributed by atoms with E-state index in [0.29, 0.717) is 0 Å². The number of hydrogen-bond donors (Lipinski definition) is 1. The summed E-state index contributed by atoms with van der Waals surface area (Å²) in [6, 6.07) is 5.74. The van der Waals surface area contributed by atoms with E-state index in [1.807, 2.05) is 22.9 Å². The zero-order chi connectivity index (χ0) is 16.1. The largest absolute Gasteiger partial charge is 0.468 e. The SMILES string of the molecule is CCCn1nccc1NC(=O)C1CCCN(Cc2ccco2)C1. The Balaban J connectivity index is 1.57. The number of piperidine rings is 1. The fraction of sp³-hybridized carbons (Fsp3) is 0.529. The first-order chi connectivity index (χ1) is 11.3. The Kier molecular flexibility index (Phi) is 5.12. The van der Waals surface area contributed by atoms with Crippen LogP contribution in [0, 0.1) is 5.92 Å². The van der Waals surface area contributed by atoms with Crippen molar-refractivity contribution in [2.24, 2.45) is 5.92 Å². The van der Waals surface area contributed by atoms with Crippen molar-refractivity contribution in [2.75, 3.05) is 18.4 Å². The Labute approximate surface area is 136 Å². The number of nitrogens with one attached hydrogen (secondary N) is 1. The average Bonchev–Trinajstić information content (AvgIpc) is 3.21. The van der Waals surface area contributed by atoms with Crippen molar-refractivity contribution < 1.29 is 9.21 Å². The second-order valence-corrected chi connectivity index (χ2v) is 6.08. The Bertz CT molecular complexity index is 620. The van der Waals surface area contributed by atoms with Gasteiger partial charge in [-0.05, 0) is 37.9 Å². The molecule has 2 aromatic rings. The molecular formula is C17H24N4O2. The van der Waals surface area contributed by atoms with Gasteiger partial charge in [0.15, 0.2) is 0 Å². The highest BCUT2D eigenvalue weighted by molar-refractivity contribution is 5.91. The summed E-state index contributed by atoms with van der Waals surface area (Å²) in [7, 11) is 0. The lowest BCUT2D eigenvalue weighted by Crippen LogP contribution is -2.40. The maximum absolute atomic E-state index is 12.6. The smallest absolute Gasteiger partial charge is 0.229 e. The molecule has 124 valence electrons. The van der Waals surface area contributed by atoms with Gasteiger partial charge in [0.2, 0.25) is 5.91 Å². The number of likely N-dealkylation sites (tertiary alicyclic amines) is 1. The topological polar surface area (TPSA) is 63.3 Å². The number of hydrogen-bond acceptors (Lipinski definition) is 4. The van der Waals surface area contributed by atoms with Crippen molar-refractivity contribution in [3.05, 3.63) is 36.4 Å². The van der Waals surface area contributed by atoms with Gasteiger partial charge < -0.3 is 9.73 Å². The van der Waals surface area contributed by atoms with Crippen LogP contribution in [0.1, 0.15) is 31.9 Å². The summed E-state index contributed by atoms with van der Waals surface area (Å²) in [5.41, 5.74) is 0. The van der Waals surface area contributed by atoms with Gasteiger partial charge in [-0.2, -0.15) is 5.10 Å². The van der Waals surface area contributed by atoms with Crippen LogP contribution in [0.25, 0.3) is 0 Å². The molecule has 1 fully saturated rings. The van der Waals surface area contributed by atoms with Gasteiger partial charge in [-0.15, -0.1) is 0 Å². The normalized spacial score (nSPS) is 18.9. The summed E-state index contributed by atoms with van der Waals surface area (Å²) in [6.07, 6.45) is 6.38. The Morgan fingerprint density at radius 2 is 2.39 bits per heavy atom. The molecule has 0 aliphatic carbocycles. The summed E-state index contributed by atoms with van der Waals surface area (Å²) in [5.74, 6) is 1.85. The monoisotopic (exact) mass is 316 g/mol. The molecule has 3 heterocycles. The molecule has 3 rings (SSSR count). The molecule has 2 aromatic heterocycles. The number of amides is 1. The van der Waals surface area contributed by atoms with E-state index in [4.69, 9.17) is 4.42 Å². The summed E-state index contributed by atoms with van der Waals surface area (Å²) in [4.78, 5) is 14.9. The number of nitrogens with zero attached hydrogens (tertiary/aromatic N) is 3. The zero-order valence-electron chi connectivity index (χ0n) is 13.6. The minimum atomic E-state index is 0.0173. The number of rotatable bonds is 6. The van der Waals surface area contributed by atoms with Gasteiger partial charge >= 0.3 is 0 Å². The molecule has 23 heavy (non-hydrogen) atoms. The number of aromatic nitrogens is 2. The van der Waals surface area contributed by atoms with Gasteiger partial charge in [-0.25, -0.2) is 4.68 Å². The van der Waals surface area contributed by atoms with Crippen molar-refractivity contribution in [1.82, 2.24) is 14.7 Å². The van der Waals surface area contributed by atoms with Crippen LogP contribution in [0.15, 0.2) is 35.1 Å². The Hall–Kier alpha value is -2.08. The second-order valence-electron chi connectivity index (χ2n) is 6.08. The summed E-state index contributed by atoms with van der Waals surface area (Å²) < 4.78 is 7.25. The number of anilines is 1. The molecule has 0 spiro atoms. The van der Waals surface area contributed by atoms with E-state index in [1.165, 1.54) is 0 Å². The van der Waals surface area contributed by atoms with Crippen LogP contribution in [0.3, 0.4) is 0 Å². The van der Waals surface area contributed by atoms with E-state index in [2.05, 4.69) is 22.2 Å². The summed E-state index contributed by atoms with van der Waals surface area (Å²) in [5, 5.41) is 7.28. The van der Waals surface area contributed by atoms with Gasteiger partial charge in [0.25, 0.3) is 0 Å². The van der Waals surface area contributed by atoms with Gasteiger partial charge in [-0.1, -0.05) is 6.92 Å². The minimum absolute atomic E-state index is 0.0173. The quantitative estimate of drug-likeness (QED) is 0.890. The van der Waals surface area contributed by atoms with Crippen LogP contribution in [0.2, 0.25) is 0 Å². The first-order valence-corrected chi connectivity index (χ1v) is 8.33. The molecule has 0 bridgehead atoms. The molecule has 1 aliphatic heterocycles. The molecule has 6 nitrogen and oxygen atoms in total. The molecule has 0 saturated carbocycles. The molecule has 1 N–H and O–H groups in total. The Morgan fingerprint density at radius 1 is 1.48 bits per heavy atom. The third-order valence-electron chi connectivity index (χ3n) is 4.24. The lowest BCUT2D eigenvalue weighted by molar-refractivity contribution is -0.121. The molecule has 1 unspecified atom stereocenters. The lowest BCUT2D eigenvalue weighted by Gasteiger charge is -2.31. The highest BCUT2D eigenvalue weighted by atomic mass is 16.3. The number of aryl methyl sites for hydroxylation is 1. The first-order valence-electron chi connectivity index (χ1n) is 8.33. The maximum Gasteiger partial charge on any atom is 0.229 e. The second kappa shape index (κ2) is 7.46. The predicted octanol–water partition coefficient (Wildman–Crippen LogP) is 2.74. The number of furan rings is 1. The third kappa shape index (κ3) is 4.01. The average molecular weight is 316 g/mol. The summed E-state index contributed by atoms with van der Waals surface area (Å²) in [6.45, 7) is 5.47. The highest BCUT2D eigenvalue weighted by Gasteiger charge is 2.26. The third-order valence-corrected chi connectivity index (χ3v) is 4.24. The van der Waals surface area contributed by atoms with Crippen LogP contribution in [0.4, 0.5) is 5.82 Å². The van der Waals surface area contributed by atoms with Gasteiger partial charge in [-0.3, -0.25) is 9.69 Å². The van der Waals surface area contributed by atoms with Crippen molar-refractivity contribution in [3.63, 3.8) is 0 Å². The van der Waals surface area contributed by atoms with Crippen molar-refractivity contribution in [3.8, 4) is 0 Å². The number of carbonyl (C=O) groups is 1. The van der Waals surface area contributed by atoms with E-state index in [1.54, 1.807) is 12.5 Å². The highest BCUT2D eigenvalue weighted by Crippen LogP contribution is 2.20. The molecular weight excluding hydrogens is 292 g/mol. The standard InChI is InChI=1S/C17H24N4O2/c1-2-9-21-16(7-8-18-21)19-17(22)14-5-3-10-20(12-14)13-15-6-4-11-23-15/h4,6-8,11,14H,2-3,5,9-10,12-13H2,1H3,(H,19,22). The van der Waals surface area contributed by atoms with E-state index in [0.717, 1.165) is 57.0 Å². The molecule has 1 saturated heterocycles. The Morgan fingerprint density at radius 3 is 3.17 bits per heavy atom. The number of carbonyl (C=O) groups excluding carboxylic acids is 1. The van der Waals surface area contributed by atoms with Crippen LogP contribution in [0.5, 0.6) is 0 Å². The zero-order valence-corrected chi connectivity index (χ0v) is 13.6. The molecule has 1 atom stereocenters. The van der Waals surface area contributed by atoms with Crippen LogP contribution in [-0.4, -0.2) is 33.7 Å². The van der Waals surface area contributed by atoms with Crippen LogP contribution < -0.4 is 5.32 Å². The van der Waals surface area contributed by atoms with E-state index < -0.39 is 0 Å². The molecule has 0 aromatic carbocycles. The van der Waals surface area contributed by atoms with Crippen LogP contribution >= 0.6 is 0 Å². The molecule has 1 aliphatic rings. The van der Waals surface area contributed by atoms with Gasteiger partial charge in [0.05, 0.1) is 24.9 Å². The molecule has 0 radical (unpaired) electrons. The van der Waals surface area contributed by atoms with Crippen molar-refractivity contribution in [2.45, 2.75) is 39.3 Å². The predicted molar refractivity (Wildman–Crippen MR) is 87.9 cm³/mol. The van der Waals surface area contributed by atoms with Gasteiger partial charge in [0.1, 0.15) is 11.6 Å². The molecule has 1 amide bonds. The van der Waals surface area contributed by atoms with E-state index in [-0.39, 0.29) is 11.8 Å². The minimum Gasteiger partial charge on any atom is -0.468 e. The van der Waals surface area contributed by atoms with E-state index in [9.17, 15) is 4.79 Å². The fourth-order valence-corrected chi connectivity index (χ4v) is 3.09. The van der Waals surface area contributed by atoms with Crippen LogP contribution in [-0.2, 0) is 17.9 Å². The molecule has 6 heteroatoms. The lowest BCUT2D eigenvalue weighted by atomic mass is 9.97. The first kappa shape index (κ1) is 15.8. The van der Waals surface area contributed by atoms with Gasteiger partial charge in [0, 0.05) is 19.2 Å². The van der Waals surface area contributed by atoms with Crippen molar-refractivity contribution in [1.29, 1.82) is 0 Å². The fourth-order valence-electron chi connectivity index (χ4n) is 3.09.